The predicted octanol–water partition coefficient (Wildman–Crippen LogP) is 4.45. The lowest BCUT2D eigenvalue weighted by Gasteiger charge is -2.19. The van der Waals surface area contributed by atoms with E-state index in [1.807, 2.05) is 49.1 Å². The molecule has 4 rings (SSSR count). The van der Waals surface area contributed by atoms with Crippen molar-refractivity contribution in [2.45, 2.75) is 13.8 Å². The number of aryl methyl sites for hydroxylation is 1. The van der Waals surface area contributed by atoms with Crippen LogP contribution in [0.1, 0.15) is 23.0 Å². The lowest BCUT2D eigenvalue weighted by Crippen LogP contribution is -2.18. The third-order valence-corrected chi connectivity index (χ3v) is 5.84. The van der Waals surface area contributed by atoms with Gasteiger partial charge in [0, 0.05) is 11.9 Å². The van der Waals surface area contributed by atoms with E-state index in [1.165, 1.54) is 16.7 Å². The van der Waals surface area contributed by atoms with Crippen molar-refractivity contribution in [2.75, 3.05) is 16.8 Å². The van der Waals surface area contributed by atoms with E-state index >= 15 is 0 Å². The Kier molecular flexibility index (Phi) is 4.88. The van der Waals surface area contributed by atoms with Gasteiger partial charge in [-0.15, -0.1) is 21.5 Å². The molecule has 142 valence electrons. The summed E-state index contributed by atoms with van der Waals surface area (Å²) in [5, 5.41) is 23.8. The second-order valence-electron chi connectivity index (χ2n) is 5.91. The van der Waals surface area contributed by atoms with Gasteiger partial charge >= 0.3 is 5.97 Å². The largest absolute Gasteiger partial charge is 0.476 e. The summed E-state index contributed by atoms with van der Waals surface area (Å²) in [6.45, 7) is 4.48. The van der Waals surface area contributed by atoms with Crippen LogP contribution in [0.15, 0.2) is 35.7 Å². The molecule has 0 atom stereocenters. The number of para-hydroxylation sites is 1. The molecule has 2 N–H and O–H groups in total. The summed E-state index contributed by atoms with van der Waals surface area (Å²) in [7, 11) is 0. The smallest absolute Gasteiger partial charge is 0.355 e. The van der Waals surface area contributed by atoms with Gasteiger partial charge in [0.25, 0.3) is 0 Å². The summed E-state index contributed by atoms with van der Waals surface area (Å²) in [5.74, 6) is 0.196. The van der Waals surface area contributed by atoms with Crippen LogP contribution in [0.25, 0.3) is 10.2 Å². The summed E-state index contributed by atoms with van der Waals surface area (Å²) in [6, 6.07) is 9.83. The summed E-state index contributed by atoms with van der Waals surface area (Å²) in [5.41, 5.74) is 1.86. The summed E-state index contributed by atoms with van der Waals surface area (Å²) in [4.78, 5) is 21.6. The van der Waals surface area contributed by atoms with Gasteiger partial charge in [-0.25, -0.2) is 14.8 Å². The lowest BCUT2D eigenvalue weighted by atomic mass is 10.3. The quantitative estimate of drug-likeness (QED) is 0.479. The zero-order valence-electron chi connectivity index (χ0n) is 15.1. The molecule has 28 heavy (non-hydrogen) atoms. The van der Waals surface area contributed by atoms with Crippen molar-refractivity contribution in [3.63, 3.8) is 0 Å². The molecule has 0 amide bonds. The number of nitrogens with zero attached hydrogens (tertiary/aromatic N) is 5. The zero-order chi connectivity index (χ0) is 19.7. The van der Waals surface area contributed by atoms with Crippen molar-refractivity contribution in [1.29, 1.82) is 0 Å². The van der Waals surface area contributed by atoms with Crippen LogP contribution in [0, 0.1) is 6.92 Å². The molecule has 10 heteroatoms. The zero-order valence-corrected chi connectivity index (χ0v) is 16.7. The Hall–Kier alpha value is -3.11. The maximum atomic E-state index is 11.1. The molecule has 0 unspecified atom stereocenters. The number of benzene rings is 1. The van der Waals surface area contributed by atoms with E-state index in [1.54, 1.807) is 11.3 Å². The Balaban J connectivity index is 1.59. The molecule has 0 bridgehead atoms. The van der Waals surface area contributed by atoms with Crippen LogP contribution in [-0.4, -0.2) is 37.8 Å². The van der Waals surface area contributed by atoms with Crippen LogP contribution in [0.5, 0.6) is 0 Å². The van der Waals surface area contributed by atoms with E-state index in [4.69, 9.17) is 5.11 Å². The normalized spacial score (nSPS) is 10.9. The average molecular weight is 413 g/mol. The number of nitrogens with one attached hydrogen (secondary N) is 1. The van der Waals surface area contributed by atoms with Crippen molar-refractivity contribution in [3.8, 4) is 0 Å². The van der Waals surface area contributed by atoms with Crippen molar-refractivity contribution < 1.29 is 9.90 Å². The van der Waals surface area contributed by atoms with E-state index in [0.717, 1.165) is 20.9 Å². The second-order valence-corrected chi connectivity index (χ2v) is 7.78. The third kappa shape index (κ3) is 3.51. The first-order valence-electron chi connectivity index (χ1n) is 8.48. The fourth-order valence-electron chi connectivity index (χ4n) is 2.64. The van der Waals surface area contributed by atoms with Crippen LogP contribution in [0.2, 0.25) is 0 Å². The SMILES string of the molecule is CCN(c1cc(C)c(Nc2nc3ccccc3s2)nn1)c1nc(C(=O)O)cs1. The molecule has 0 aliphatic carbocycles. The highest BCUT2D eigenvalue weighted by Crippen LogP contribution is 2.31. The van der Waals surface area contributed by atoms with Gasteiger partial charge in [0.05, 0.1) is 10.2 Å². The molecule has 0 fully saturated rings. The Morgan fingerprint density at radius 1 is 1.25 bits per heavy atom. The maximum Gasteiger partial charge on any atom is 0.355 e. The molecule has 1 aromatic carbocycles. The number of carboxylic acid groups (broad SMARTS) is 1. The molecule has 4 aromatic rings. The molecular formula is C18H16N6O2S2. The van der Waals surface area contributed by atoms with Crippen LogP contribution in [-0.2, 0) is 0 Å². The number of carboxylic acids is 1. The average Bonchev–Trinajstić information content (AvgIpc) is 3.31. The van der Waals surface area contributed by atoms with E-state index in [2.05, 4.69) is 25.5 Å². The fourth-order valence-corrected chi connectivity index (χ4v) is 4.37. The van der Waals surface area contributed by atoms with Crippen LogP contribution in [0.4, 0.5) is 21.9 Å². The summed E-state index contributed by atoms with van der Waals surface area (Å²) >= 11 is 2.82. The van der Waals surface area contributed by atoms with Crippen molar-refractivity contribution in [3.05, 3.63) is 47.0 Å². The molecule has 0 saturated heterocycles. The van der Waals surface area contributed by atoms with Gasteiger partial charge in [0.15, 0.2) is 27.6 Å². The molecule has 3 heterocycles. The first kappa shape index (κ1) is 18.3. The number of aromatic nitrogens is 4. The number of hydrogen-bond donors (Lipinski definition) is 2. The highest BCUT2D eigenvalue weighted by atomic mass is 32.1. The Labute approximate surface area is 168 Å². The van der Waals surface area contributed by atoms with Gasteiger partial charge in [-0.3, -0.25) is 0 Å². The van der Waals surface area contributed by atoms with Crippen LogP contribution in [0.3, 0.4) is 0 Å². The van der Waals surface area contributed by atoms with Gasteiger partial charge in [-0.05, 0) is 37.6 Å². The van der Waals surface area contributed by atoms with Crippen LogP contribution < -0.4 is 10.2 Å². The number of thiazole rings is 2. The highest BCUT2D eigenvalue weighted by Gasteiger charge is 2.17. The van der Waals surface area contributed by atoms with Crippen molar-refractivity contribution in [2.24, 2.45) is 0 Å². The van der Waals surface area contributed by atoms with Gasteiger partial charge in [0.2, 0.25) is 0 Å². The summed E-state index contributed by atoms with van der Waals surface area (Å²) in [6.07, 6.45) is 0. The van der Waals surface area contributed by atoms with Crippen molar-refractivity contribution in [1.82, 2.24) is 20.2 Å². The lowest BCUT2D eigenvalue weighted by molar-refractivity contribution is 0.0691. The minimum atomic E-state index is -1.05. The monoisotopic (exact) mass is 412 g/mol. The number of hydrogen-bond acceptors (Lipinski definition) is 9. The van der Waals surface area contributed by atoms with E-state index in [9.17, 15) is 4.79 Å². The Bertz CT molecular complexity index is 1120. The van der Waals surface area contributed by atoms with Gasteiger partial charge < -0.3 is 15.3 Å². The van der Waals surface area contributed by atoms with Crippen LogP contribution >= 0.6 is 22.7 Å². The number of fused-ring (bicyclic) bond motifs is 1. The van der Waals surface area contributed by atoms with Gasteiger partial charge in [-0.2, -0.15) is 0 Å². The second kappa shape index (κ2) is 7.49. The molecule has 3 aromatic heterocycles. The molecule has 0 saturated carbocycles. The minimum absolute atomic E-state index is 0.0252. The first-order valence-corrected chi connectivity index (χ1v) is 10.2. The van der Waals surface area contributed by atoms with Gasteiger partial charge in [-0.1, -0.05) is 23.5 Å². The molecule has 0 aliphatic rings. The highest BCUT2D eigenvalue weighted by molar-refractivity contribution is 7.22. The topological polar surface area (TPSA) is 104 Å². The molecule has 0 radical (unpaired) electrons. The third-order valence-electron chi connectivity index (χ3n) is 4.03. The molecular weight excluding hydrogens is 396 g/mol. The Morgan fingerprint density at radius 3 is 2.75 bits per heavy atom. The number of carbonyl (C=O) groups is 1. The molecule has 8 nitrogen and oxygen atoms in total. The predicted molar refractivity (Wildman–Crippen MR) is 111 cm³/mol. The number of anilines is 4. The number of aromatic carboxylic acids is 1. The van der Waals surface area contributed by atoms with Gasteiger partial charge in [0.1, 0.15) is 0 Å². The van der Waals surface area contributed by atoms with E-state index in [-0.39, 0.29) is 5.69 Å². The first-order chi connectivity index (χ1) is 13.5. The van der Waals surface area contributed by atoms with Crippen molar-refractivity contribution >= 4 is 60.8 Å². The number of rotatable bonds is 6. The molecule has 0 spiro atoms. The summed E-state index contributed by atoms with van der Waals surface area (Å²) < 4.78 is 1.10. The van der Waals surface area contributed by atoms with E-state index < -0.39 is 5.97 Å². The molecule has 0 aliphatic heterocycles. The van der Waals surface area contributed by atoms with E-state index in [0.29, 0.717) is 23.3 Å². The Morgan fingerprint density at radius 2 is 2.07 bits per heavy atom. The fraction of sp³-hybridized carbons (Fsp3) is 0.167. The maximum absolute atomic E-state index is 11.1. The standard InChI is InChI=1S/C18H16N6O2S2/c1-3-24(18-20-12(9-27-18)16(25)26)14-8-10(2)15(23-22-14)21-17-19-11-6-4-5-7-13(11)28-17/h4-9H,3H2,1-2H3,(H,25,26)(H,19,21,23). The minimum Gasteiger partial charge on any atom is -0.476 e.